The van der Waals surface area contributed by atoms with E-state index in [1.165, 1.54) is 0 Å². The van der Waals surface area contributed by atoms with Crippen molar-refractivity contribution in [3.63, 3.8) is 0 Å². The Kier molecular flexibility index (Phi) is 4.46. The first-order valence-corrected chi connectivity index (χ1v) is 6.64. The quantitative estimate of drug-likeness (QED) is 0.888. The van der Waals surface area contributed by atoms with E-state index in [-0.39, 0.29) is 11.9 Å². The van der Waals surface area contributed by atoms with Gasteiger partial charge >= 0.3 is 0 Å². The van der Waals surface area contributed by atoms with Crippen LogP contribution in [0.3, 0.4) is 0 Å². The average Bonchev–Trinajstić information content (AvgIpc) is 2.42. The Hall–Kier alpha value is -1.51. The topological polar surface area (TPSA) is 29.1 Å². The highest BCUT2D eigenvalue weighted by atomic mass is 35.5. The fourth-order valence-electron chi connectivity index (χ4n) is 1.73. The van der Waals surface area contributed by atoms with Crippen LogP contribution in [0, 0.1) is 0 Å². The van der Waals surface area contributed by atoms with Crippen LogP contribution >= 0.6 is 23.2 Å². The molecule has 0 saturated heterocycles. The van der Waals surface area contributed by atoms with Gasteiger partial charge < -0.3 is 5.32 Å². The Morgan fingerprint density at radius 2 is 1.74 bits per heavy atom. The molecule has 0 radical (unpaired) electrons. The van der Waals surface area contributed by atoms with E-state index in [0.29, 0.717) is 15.6 Å². The Balaban J connectivity index is 2.10. The molecule has 0 saturated carbocycles. The van der Waals surface area contributed by atoms with E-state index in [2.05, 4.69) is 5.32 Å². The number of halogens is 2. The van der Waals surface area contributed by atoms with Gasteiger partial charge in [0.25, 0.3) is 5.91 Å². The van der Waals surface area contributed by atoms with Gasteiger partial charge in [0.05, 0.1) is 16.1 Å². The predicted molar refractivity (Wildman–Crippen MR) is 78.8 cm³/mol. The second-order valence-corrected chi connectivity index (χ2v) is 5.05. The van der Waals surface area contributed by atoms with Crippen LogP contribution in [0.4, 0.5) is 0 Å². The van der Waals surface area contributed by atoms with Gasteiger partial charge in [0.15, 0.2) is 0 Å². The van der Waals surface area contributed by atoms with Crippen molar-refractivity contribution in [2.75, 3.05) is 0 Å². The summed E-state index contributed by atoms with van der Waals surface area (Å²) in [5.74, 6) is -0.112. The Morgan fingerprint density at radius 3 is 2.37 bits per heavy atom. The Labute approximate surface area is 122 Å². The molecule has 1 amide bonds. The fraction of sp³-hybridized carbons (Fsp3) is 0.133. The molecule has 4 heteroatoms. The number of amides is 1. The second kappa shape index (κ2) is 6.09. The van der Waals surface area contributed by atoms with Crippen molar-refractivity contribution in [3.8, 4) is 0 Å². The molecule has 19 heavy (non-hydrogen) atoms. The highest BCUT2D eigenvalue weighted by molar-refractivity contribution is 6.42. The molecule has 2 aromatic rings. The standard InChI is InChI=1S/C15H13Cl2NO/c1-10(12-7-8-13(16)14(17)9-12)18-15(19)11-5-3-2-4-6-11/h2-10H,1H3,(H,18,19). The predicted octanol–water partition coefficient (Wildman–Crippen LogP) is 4.48. The first-order valence-electron chi connectivity index (χ1n) is 5.89. The third-order valence-electron chi connectivity index (χ3n) is 2.83. The zero-order chi connectivity index (χ0) is 13.8. The van der Waals surface area contributed by atoms with Crippen LogP contribution in [-0.4, -0.2) is 5.91 Å². The summed E-state index contributed by atoms with van der Waals surface area (Å²) in [6, 6.07) is 14.3. The minimum absolute atomic E-state index is 0.112. The lowest BCUT2D eigenvalue weighted by molar-refractivity contribution is 0.0940. The van der Waals surface area contributed by atoms with Gasteiger partial charge in [-0.25, -0.2) is 0 Å². The van der Waals surface area contributed by atoms with E-state index in [4.69, 9.17) is 23.2 Å². The van der Waals surface area contributed by atoms with Gasteiger partial charge in [-0.05, 0) is 36.8 Å². The first-order chi connectivity index (χ1) is 9.08. The van der Waals surface area contributed by atoms with Gasteiger partial charge in [-0.3, -0.25) is 4.79 Å². The van der Waals surface area contributed by atoms with Gasteiger partial charge in [0.2, 0.25) is 0 Å². The smallest absolute Gasteiger partial charge is 0.251 e. The largest absolute Gasteiger partial charge is 0.346 e. The van der Waals surface area contributed by atoms with Crippen LogP contribution < -0.4 is 5.32 Å². The molecular weight excluding hydrogens is 281 g/mol. The van der Waals surface area contributed by atoms with E-state index in [1.54, 1.807) is 24.3 Å². The molecule has 0 aliphatic heterocycles. The normalized spacial score (nSPS) is 11.9. The number of hydrogen-bond donors (Lipinski definition) is 1. The molecule has 1 atom stereocenters. The van der Waals surface area contributed by atoms with Crippen LogP contribution in [-0.2, 0) is 0 Å². The molecule has 2 aromatic carbocycles. The maximum Gasteiger partial charge on any atom is 0.251 e. The van der Waals surface area contributed by atoms with Crippen LogP contribution in [0.2, 0.25) is 10.0 Å². The minimum Gasteiger partial charge on any atom is -0.346 e. The van der Waals surface area contributed by atoms with Crippen molar-refractivity contribution in [2.45, 2.75) is 13.0 Å². The van der Waals surface area contributed by atoms with Crippen molar-refractivity contribution in [1.82, 2.24) is 5.32 Å². The van der Waals surface area contributed by atoms with E-state index in [9.17, 15) is 4.79 Å². The second-order valence-electron chi connectivity index (χ2n) is 4.23. The highest BCUT2D eigenvalue weighted by Gasteiger charge is 2.12. The van der Waals surface area contributed by atoms with E-state index >= 15 is 0 Å². The lowest BCUT2D eigenvalue weighted by atomic mass is 10.1. The molecule has 98 valence electrons. The van der Waals surface area contributed by atoms with Crippen molar-refractivity contribution >= 4 is 29.1 Å². The molecule has 1 unspecified atom stereocenters. The van der Waals surface area contributed by atoms with Gasteiger partial charge in [-0.2, -0.15) is 0 Å². The highest BCUT2D eigenvalue weighted by Crippen LogP contribution is 2.25. The van der Waals surface area contributed by atoms with E-state index in [0.717, 1.165) is 5.56 Å². The summed E-state index contributed by atoms with van der Waals surface area (Å²) >= 11 is 11.8. The zero-order valence-corrected chi connectivity index (χ0v) is 11.9. The third-order valence-corrected chi connectivity index (χ3v) is 3.57. The summed E-state index contributed by atoms with van der Waals surface area (Å²) in [5, 5.41) is 3.91. The summed E-state index contributed by atoms with van der Waals surface area (Å²) in [7, 11) is 0. The molecule has 2 rings (SSSR count). The number of rotatable bonds is 3. The first kappa shape index (κ1) is 13.9. The summed E-state index contributed by atoms with van der Waals surface area (Å²) in [6.45, 7) is 1.90. The van der Waals surface area contributed by atoms with Crippen molar-refractivity contribution in [1.29, 1.82) is 0 Å². The van der Waals surface area contributed by atoms with Crippen LogP contribution in [0.1, 0.15) is 28.9 Å². The van der Waals surface area contributed by atoms with E-state index in [1.807, 2.05) is 31.2 Å². The lowest BCUT2D eigenvalue weighted by Gasteiger charge is -2.15. The van der Waals surface area contributed by atoms with Crippen molar-refractivity contribution in [2.24, 2.45) is 0 Å². The molecule has 2 nitrogen and oxygen atoms in total. The van der Waals surface area contributed by atoms with Gasteiger partial charge in [0, 0.05) is 5.56 Å². The Bertz CT molecular complexity index is 584. The number of hydrogen-bond acceptors (Lipinski definition) is 1. The number of carbonyl (C=O) groups excluding carboxylic acids is 1. The summed E-state index contributed by atoms with van der Waals surface area (Å²) < 4.78 is 0. The summed E-state index contributed by atoms with van der Waals surface area (Å²) in [5.41, 5.74) is 1.55. The van der Waals surface area contributed by atoms with Gasteiger partial charge in [0.1, 0.15) is 0 Å². The maximum absolute atomic E-state index is 12.0. The molecule has 1 N–H and O–H groups in total. The monoisotopic (exact) mass is 293 g/mol. The number of nitrogens with one attached hydrogen (secondary N) is 1. The molecule has 0 heterocycles. The summed E-state index contributed by atoms with van der Waals surface area (Å²) in [6.07, 6.45) is 0. The van der Waals surface area contributed by atoms with Crippen LogP contribution in [0.5, 0.6) is 0 Å². The van der Waals surface area contributed by atoms with Gasteiger partial charge in [-0.1, -0.05) is 47.5 Å². The molecule has 0 spiro atoms. The van der Waals surface area contributed by atoms with E-state index < -0.39 is 0 Å². The molecule has 0 aliphatic rings. The molecule has 0 fully saturated rings. The maximum atomic E-state index is 12.0. The van der Waals surface area contributed by atoms with Crippen LogP contribution in [0.25, 0.3) is 0 Å². The number of benzene rings is 2. The summed E-state index contributed by atoms with van der Waals surface area (Å²) in [4.78, 5) is 12.0. The van der Waals surface area contributed by atoms with Gasteiger partial charge in [-0.15, -0.1) is 0 Å². The number of carbonyl (C=O) groups is 1. The molecule has 0 bridgehead atoms. The Morgan fingerprint density at radius 1 is 1.05 bits per heavy atom. The van der Waals surface area contributed by atoms with Crippen molar-refractivity contribution < 1.29 is 4.79 Å². The molecule has 0 aliphatic carbocycles. The zero-order valence-electron chi connectivity index (χ0n) is 10.4. The fourth-order valence-corrected chi connectivity index (χ4v) is 2.04. The average molecular weight is 294 g/mol. The molecular formula is C15H13Cl2NO. The minimum atomic E-state index is -0.137. The lowest BCUT2D eigenvalue weighted by Crippen LogP contribution is -2.26. The molecule has 0 aromatic heterocycles. The van der Waals surface area contributed by atoms with Crippen molar-refractivity contribution in [3.05, 3.63) is 69.7 Å². The van der Waals surface area contributed by atoms with Crippen LogP contribution in [0.15, 0.2) is 48.5 Å². The third kappa shape index (κ3) is 3.49. The SMILES string of the molecule is CC(NC(=O)c1ccccc1)c1ccc(Cl)c(Cl)c1.